The summed E-state index contributed by atoms with van der Waals surface area (Å²) < 4.78 is 0. The number of rotatable bonds is 7. The van der Waals surface area contributed by atoms with Crippen LogP contribution in [0.2, 0.25) is 0 Å². The first-order chi connectivity index (χ1) is 8.15. The number of aryl methyl sites for hydroxylation is 1. The van der Waals surface area contributed by atoms with Crippen LogP contribution in [0.4, 0.5) is 0 Å². The molecule has 1 unspecified atom stereocenters. The van der Waals surface area contributed by atoms with Gasteiger partial charge >= 0.3 is 0 Å². The molecule has 0 spiro atoms. The molecule has 2 nitrogen and oxygen atoms in total. The van der Waals surface area contributed by atoms with Crippen LogP contribution in [-0.4, -0.2) is 11.0 Å². The third-order valence-electron chi connectivity index (χ3n) is 3.45. The van der Waals surface area contributed by atoms with Gasteiger partial charge in [0.2, 0.25) is 0 Å². The fraction of sp³-hybridized carbons (Fsp3) is 0.786. The molecule has 1 aliphatic carbocycles. The lowest BCUT2D eigenvalue weighted by molar-refractivity contribution is 0.395. The fourth-order valence-corrected chi connectivity index (χ4v) is 2.98. The van der Waals surface area contributed by atoms with Crippen molar-refractivity contribution in [3.05, 3.63) is 16.1 Å². The van der Waals surface area contributed by atoms with E-state index in [4.69, 9.17) is 0 Å². The maximum absolute atomic E-state index is 4.31. The Hall–Kier alpha value is -0.410. The topological polar surface area (TPSA) is 24.9 Å². The zero-order chi connectivity index (χ0) is 12.3. The van der Waals surface area contributed by atoms with Crippen LogP contribution in [0.15, 0.2) is 6.20 Å². The average molecular weight is 252 g/mol. The highest BCUT2D eigenvalue weighted by molar-refractivity contribution is 7.11. The predicted molar refractivity (Wildman–Crippen MR) is 74.3 cm³/mol. The van der Waals surface area contributed by atoms with Gasteiger partial charge in [-0.1, -0.05) is 13.8 Å². The van der Waals surface area contributed by atoms with E-state index in [0.29, 0.717) is 0 Å². The van der Waals surface area contributed by atoms with Gasteiger partial charge in [-0.2, -0.15) is 0 Å². The third kappa shape index (κ3) is 4.40. The highest BCUT2D eigenvalue weighted by Gasteiger charge is 2.30. The van der Waals surface area contributed by atoms with Gasteiger partial charge in [-0.15, -0.1) is 11.3 Å². The summed E-state index contributed by atoms with van der Waals surface area (Å²) in [5.74, 6) is 1.77. The SMILES string of the molecule is Cc1ncc(CNC(CCC(C)C)C2CC2)s1. The number of nitrogens with zero attached hydrogens (tertiary/aromatic N) is 1. The number of hydrogen-bond donors (Lipinski definition) is 1. The Morgan fingerprint density at radius 2 is 2.18 bits per heavy atom. The summed E-state index contributed by atoms with van der Waals surface area (Å²) in [6.45, 7) is 7.71. The van der Waals surface area contributed by atoms with E-state index >= 15 is 0 Å². The minimum atomic E-state index is 0.736. The molecule has 1 atom stereocenters. The molecule has 17 heavy (non-hydrogen) atoms. The highest BCUT2D eigenvalue weighted by atomic mass is 32.1. The second-order valence-electron chi connectivity index (χ2n) is 5.64. The van der Waals surface area contributed by atoms with Crippen LogP contribution in [0.25, 0.3) is 0 Å². The fourth-order valence-electron chi connectivity index (χ4n) is 2.23. The van der Waals surface area contributed by atoms with Gasteiger partial charge in [-0.05, 0) is 44.4 Å². The Morgan fingerprint density at radius 1 is 1.41 bits per heavy atom. The lowest BCUT2D eigenvalue weighted by atomic mass is 10.0. The molecule has 2 rings (SSSR count). The summed E-state index contributed by atoms with van der Waals surface area (Å²) >= 11 is 1.81. The van der Waals surface area contributed by atoms with Gasteiger partial charge in [0.25, 0.3) is 0 Å². The van der Waals surface area contributed by atoms with Crippen LogP contribution in [0, 0.1) is 18.8 Å². The predicted octanol–water partition coefficient (Wildman–Crippen LogP) is 3.76. The molecule has 1 aromatic heterocycles. The van der Waals surface area contributed by atoms with Crippen molar-refractivity contribution in [3.8, 4) is 0 Å². The van der Waals surface area contributed by atoms with Crippen molar-refractivity contribution in [1.29, 1.82) is 0 Å². The second kappa shape index (κ2) is 5.96. The molecule has 3 heteroatoms. The molecular weight excluding hydrogens is 228 g/mol. The second-order valence-corrected chi connectivity index (χ2v) is 6.96. The average Bonchev–Trinajstić information content (AvgIpc) is 3.02. The van der Waals surface area contributed by atoms with Crippen molar-refractivity contribution in [2.75, 3.05) is 0 Å². The lowest BCUT2D eigenvalue weighted by Gasteiger charge is -2.18. The van der Waals surface area contributed by atoms with Crippen molar-refractivity contribution in [2.45, 2.75) is 59.0 Å². The lowest BCUT2D eigenvalue weighted by Crippen LogP contribution is -2.30. The Kier molecular flexibility index (Phi) is 4.57. The van der Waals surface area contributed by atoms with E-state index in [1.165, 1.54) is 35.6 Å². The molecule has 0 saturated heterocycles. The molecule has 0 aromatic carbocycles. The molecule has 1 aliphatic rings. The summed E-state index contributed by atoms with van der Waals surface area (Å²) in [6.07, 6.45) is 7.55. The molecule has 0 bridgehead atoms. The van der Waals surface area contributed by atoms with Crippen molar-refractivity contribution in [3.63, 3.8) is 0 Å². The first kappa shape index (κ1) is 13.0. The molecule has 0 radical (unpaired) electrons. The summed E-state index contributed by atoms with van der Waals surface area (Å²) in [6, 6.07) is 0.736. The van der Waals surface area contributed by atoms with Gasteiger partial charge in [0.1, 0.15) is 0 Å². The van der Waals surface area contributed by atoms with Crippen LogP contribution in [0.3, 0.4) is 0 Å². The van der Waals surface area contributed by atoms with Crippen molar-refractivity contribution in [1.82, 2.24) is 10.3 Å². The number of aromatic nitrogens is 1. The first-order valence-electron chi connectivity index (χ1n) is 6.80. The van der Waals surface area contributed by atoms with Gasteiger partial charge in [0.15, 0.2) is 0 Å². The van der Waals surface area contributed by atoms with Gasteiger partial charge in [-0.25, -0.2) is 4.98 Å². The Labute approximate surface area is 109 Å². The Balaban J connectivity index is 1.77. The molecule has 1 heterocycles. The van der Waals surface area contributed by atoms with E-state index in [1.807, 2.05) is 17.5 Å². The minimum Gasteiger partial charge on any atom is -0.309 e. The quantitative estimate of drug-likeness (QED) is 0.799. The van der Waals surface area contributed by atoms with E-state index in [-0.39, 0.29) is 0 Å². The van der Waals surface area contributed by atoms with E-state index in [0.717, 1.165) is 24.4 Å². The van der Waals surface area contributed by atoms with Gasteiger partial charge in [0, 0.05) is 23.7 Å². The normalized spacial score (nSPS) is 17.6. The molecule has 1 fully saturated rings. The number of nitrogens with one attached hydrogen (secondary N) is 1. The maximum Gasteiger partial charge on any atom is 0.0897 e. The Bertz CT molecular complexity index is 342. The smallest absolute Gasteiger partial charge is 0.0897 e. The Morgan fingerprint density at radius 3 is 2.71 bits per heavy atom. The van der Waals surface area contributed by atoms with E-state index in [1.54, 1.807) is 0 Å². The van der Waals surface area contributed by atoms with Crippen molar-refractivity contribution < 1.29 is 0 Å². The zero-order valence-electron chi connectivity index (χ0n) is 11.2. The highest BCUT2D eigenvalue weighted by Crippen LogP contribution is 2.35. The molecule has 0 amide bonds. The zero-order valence-corrected chi connectivity index (χ0v) is 12.0. The largest absolute Gasteiger partial charge is 0.309 e. The summed E-state index contributed by atoms with van der Waals surface area (Å²) in [5, 5.41) is 4.91. The number of thiazole rings is 1. The van der Waals surface area contributed by atoms with Gasteiger partial charge in [0.05, 0.1) is 5.01 Å². The van der Waals surface area contributed by atoms with Crippen LogP contribution in [-0.2, 0) is 6.54 Å². The van der Waals surface area contributed by atoms with E-state index in [2.05, 4.69) is 31.1 Å². The standard InChI is InChI=1S/C14H24N2S/c1-10(2)4-7-14(12-5-6-12)16-9-13-8-15-11(3)17-13/h8,10,12,14,16H,4-7,9H2,1-3H3. The van der Waals surface area contributed by atoms with Crippen LogP contribution < -0.4 is 5.32 Å². The summed E-state index contributed by atoms with van der Waals surface area (Å²) in [4.78, 5) is 5.68. The molecule has 1 N–H and O–H groups in total. The molecule has 1 saturated carbocycles. The maximum atomic E-state index is 4.31. The summed E-state index contributed by atoms with van der Waals surface area (Å²) in [7, 11) is 0. The molecular formula is C14H24N2S. The van der Waals surface area contributed by atoms with Crippen LogP contribution in [0.5, 0.6) is 0 Å². The molecule has 1 aromatic rings. The van der Waals surface area contributed by atoms with E-state index in [9.17, 15) is 0 Å². The summed E-state index contributed by atoms with van der Waals surface area (Å²) in [5.41, 5.74) is 0. The molecule has 96 valence electrons. The van der Waals surface area contributed by atoms with Crippen molar-refractivity contribution in [2.24, 2.45) is 11.8 Å². The molecule has 0 aliphatic heterocycles. The van der Waals surface area contributed by atoms with E-state index < -0.39 is 0 Å². The van der Waals surface area contributed by atoms with Crippen LogP contribution >= 0.6 is 11.3 Å². The van der Waals surface area contributed by atoms with Crippen molar-refractivity contribution >= 4 is 11.3 Å². The van der Waals surface area contributed by atoms with Crippen LogP contribution in [0.1, 0.15) is 49.4 Å². The number of hydrogen-bond acceptors (Lipinski definition) is 3. The monoisotopic (exact) mass is 252 g/mol. The first-order valence-corrected chi connectivity index (χ1v) is 7.61. The van der Waals surface area contributed by atoms with Gasteiger partial charge in [-0.3, -0.25) is 0 Å². The van der Waals surface area contributed by atoms with Gasteiger partial charge < -0.3 is 5.32 Å². The third-order valence-corrected chi connectivity index (χ3v) is 4.37. The minimum absolute atomic E-state index is 0.736.